The molecule has 3 nitrogen and oxygen atoms in total. The van der Waals surface area contributed by atoms with Crippen molar-refractivity contribution in [2.24, 2.45) is 16.6 Å². The second-order valence-corrected chi connectivity index (χ2v) is 4.42. The van der Waals surface area contributed by atoms with Gasteiger partial charge in [0.05, 0.1) is 13.0 Å². The zero-order valence-corrected chi connectivity index (χ0v) is 9.13. The summed E-state index contributed by atoms with van der Waals surface area (Å²) in [6.45, 7) is 0.292. The molecular weight excluding hydrogens is 212 g/mol. The van der Waals surface area contributed by atoms with Crippen LogP contribution in [0.2, 0.25) is 0 Å². The summed E-state index contributed by atoms with van der Waals surface area (Å²) in [6.07, 6.45) is 5.55. The Balaban J connectivity index is 2.02. The molecule has 0 radical (unpaired) electrons. The van der Waals surface area contributed by atoms with E-state index in [-0.39, 0.29) is 12.6 Å². The number of nitrogens with two attached hydrogens (primary N) is 1. The molecule has 2 rings (SSSR count). The van der Waals surface area contributed by atoms with Crippen molar-refractivity contribution in [3.63, 3.8) is 0 Å². The van der Waals surface area contributed by atoms with Crippen molar-refractivity contribution in [2.45, 2.75) is 31.4 Å². The van der Waals surface area contributed by atoms with Gasteiger partial charge in [-0.05, 0) is 25.5 Å². The summed E-state index contributed by atoms with van der Waals surface area (Å²) in [5, 5.41) is 3.24. The zero-order chi connectivity index (χ0) is 11.6. The summed E-state index contributed by atoms with van der Waals surface area (Å²) < 4.78 is 26.2. The van der Waals surface area contributed by atoms with Gasteiger partial charge in [-0.1, -0.05) is 6.08 Å². The molecule has 90 valence electrons. The molecule has 2 unspecified atom stereocenters. The number of dihydropyridines is 1. The molecule has 2 atom stereocenters. The first-order valence-corrected chi connectivity index (χ1v) is 5.67. The van der Waals surface area contributed by atoms with E-state index in [1.807, 2.05) is 6.08 Å². The summed E-state index contributed by atoms with van der Waals surface area (Å²) in [5.74, 6) is -2.48. The number of hydrogen-bond acceptors (Lipinski definition) is 3. The number of fused-ring (bicyclic) bond motifs is 1. The molecular formula is C11H17F2N3. The number of nitrogens with one attached hydrogen (secondary N) is 1. The van der Waals surface area contributed by atoms with Gasteiger partial charge in [0.1, 0.15) is 6.17 Å². The fourth-order valence-corrected chi connectivity index (χ4v) is 2.14. The molecule has 2 heterocycles. The molecule has 1 saturated heterocycles. The monoisotopic (exact) mass is 229 g/mol. The lowest BCUT2D eigenvalue weighted by Crippen LogP contribution is -2.42. The lowest BCUT2D eigenvalue weighted by Gasteiger charge is -2.31. The van der Waals surface area contributed by atoms with Crippen LogP contribution in [-0.2, 0) is 0 Å². The Kier molecular flexibility index (Phi) is 3.35. The van der Waals surface area contributed by atoms with Crippen LogP contribution in [0.15, 0.2) is 17.1 Å². The standard InChI is InChI=1S/C11H17F2N3/c12-11(13,7-14)6-9-4-3-8-2-1-5-15-10(8)16-9/h3-4,8,10,15H,1-2,5-7,14H2. The first kappa shape index (κ1) is 11.7. The van der Waals surface area contributed by atoms with Gasteiger partial charge in [0.25, 0.3) is 5.92 Å². The van der Waals surface area contributed by atoms with Crippen LogP contribution in [0.3, 0.4) is 0 Å². The first-order chi connectivity index (χ1) is 7.61. The second kappa shape index (κ2) is 4.59. The van der Waals surface area contributed by atoms with Gasteiger partial charge in [-0.2, -0.15) is 0 Å². The molecule has 16 heavy (non-hydrogen) atoms. The predicted octanol–water partition coefficient (Wildman–Crippen LogP) is 1.31. The molecule has 0 saturated carbocycles. The van der Waals surface area contributed by atoms with Crippen molar-refractivity contribution in [3.05, 3.63) is 12.2 Å². The van der Waals surface area contributed by atoms with E-state index in [4.69, 9.17) is 5.73 Å². The lowest BCUT2D eigenvalue weighted by atomic mass is 9.92. The van der Waals surface area contributed by atoms with Gasteiger partial charge < -0.3 is 5.73 Å². The Morgan fingerprint density at radius 3 is 3.12 bits per heavy atom. The van der Waals surface area contributed by atoms with Gasteiger partial charge in [0.15, 0.2) is 0 Å². The highest BCUT2D eigenvalue weighted by atomic mass is 19.3. The van der Waals surface area contributed by atoms with E-state index in [0.717, 1.165) is 19.4 Å². The molecule has 0 aromatic rings. The number of halogens is 2. The van der Waals surface area contributed by atoms with Crippen LogP contribution in [0, 0.1) is 5.92 Å². The van der Waals surface area contributed by atoms with Gasteiger partial charge in [-0.25, -0.2) is 8.78 Å². The summed E-state index contributed by atoms with van der Waals surface area (Å²) in [4.78, 5) is 4.32. The highest BCUT2D eigenvalue weighted by Crippen LogP contribution is 2.25. The highest BCUT2D eigenvalue weighted by molar-refractivity contribution is 5.96. The van der Waals surface area contributed by atoms with E-state index < -0.39 is 12.5 Å². The zero-order valence-electron chi connectivity index (χ0n) is 9.13. The Bertz CT molecular complexity index is 312. The molecule has 2 aliphatic heterocycles. The Morgan fingerprint density at radius 1 is 1.56 bits per heavy atom. The summed E-state index contributed by atoms with van der Waals surface area (Å²) in [5.41, 5.74) is 5.46. The minimum atomic E-state index is -2.84. The number of alkyl halides is 2. The van der Waals surface area contributed by atoms with Gasteiger partial charge in [-0.15, -0.1) is 0 Å². The van der Waals surface area contributed by atoms with Crippen LogP contribution in [-0.4, -0.2) is 30.9 Å². The predicted molar refractivity (Wildman–Crippen MR) is 59.7 cm³/mol. The normalized spacial score (nSPS) is 29.8. The average molecular weight is 229 g/mol. The molecule has 2 aliphatic rings. The second-order valence-electron chi connectivity index (χ2n) is 4.42. The third-order valence-electron chi connectivity index (χ3n) is 3.05. The lowest BCUT2D eigenvalue weighted by molar-refractivity contribution is 0.0189. The Labute approximate surface area is 93.8 Å². The molecule has 0 aromatic carbocycles. The van der Waals surface area contributed by atoms with E-state index in [2.05, 4.69) is 10.3 Å². The smallest absolute Gasteiger partial charge is 0.265 e. The van der Waals surface area contributed by atoms with Crippen LogP contribution >= 0.6 is 0 Å². The minimum Gasteiger partial charge on any atom is -0.325 e. The van der Waals surface area contributed by atoms with Crippen LogP contribution in [0.25, 0.3) is 0 Å². The van der Waals surface area contributed by atoms with Gasteiger partial charge in [0, 0.05) is 11.6 Å². The minimum absolute atomic E-state index is 0.0117. The molecule has 5 heteroatoms. The molecule has 0 spiro atoms. The largest absolute Gasteiger partial charge is 0.325 e. The number of nitrogens with zero attached hydrogens (tertiary/aromatic N) is 1. The molecule has 0 amide bonds. The van der Waals surface area contributed by atoms with E-state index in [0.29, 0.717) is 11.6 Å². The summed E-state index contributed by atoms with van der Waals surface area (Å²) in [7, 11) is 0. The molecule has 0 aliphatic carbocycles. The third kappa shape index (κ3) is 2.65. The number of rotatable bonds is 3. The maximum absolute atomic E-state index is 13.1. The van der Waals surface area contributed by atoms with Crippen LogP contribution in [0.4, 0.5) is 8.78 Å². The van der Waals surface area contributed by atoms with E-state index in [1.165, 1.54) is 0 Å². The quantitative estimate of drug-likeness (QED) is 0.766. The first-order valence-electron chi connectivity index (χ1n) is 5.67. The van der Waals surface area contributed by atoms with Gasteiger partial charge in [0.2, 0.25) is 0 Å². The van der Waals surface area contributed by atoms with Crippen LogP contribution in [0.1, 0.15) is 19.3 Å². The van der Waals surface area contributed by atoms with Crippen LogP contribution < -0.4 is 11.1 Å². The highest BCUT2D eigenvalue weighted by Gasteiger charge is 2.31. The topological polar surface area (TPSA) is 50.4 Å². The van der Waals surface area contributed by atoms with E-state index >= 15 is 0 Å². The van der Waals surface area contributed by atoms with Crippen LogP contribution in [0.5, 0.6) is 0 Å². The van der Waals surface area contributed by atoms with Gasteiger partial charge in [-0.3, -0.25) is 10.3 Å². The number of piperidine rings is 1. The maximum Gasteiger partial charge on any atom is 0.265 e. The van der Waals surface area contributed by atoms with E-state index in [1.54, 1.807) is 6.08 Å². The summed E-state index contributed by atoms with van der Waals surface area (Å²) >= 11 is 0. The molecule has 1 fully saturated rings. The number of hydrogen-bond donors (Lipinski definition) is 2. The summed E-state index contributed by atoms with van der Waals surface area (Å²) in [6, 6.07) is 0. The van der Waals surface area contributed by atoms with Gasteiger partial charge >= 0.3 is 0 Å². The van der Waals surface area contributed by atoms with Crippen molar-refractivity contribution >= 4 is 5.71 Å². The molecule has 0 aromatic heterocycles. The Hall–Kier alpha value is -0.810. The number of aliphatic imine (C=N–C) groups is 1. The average Bonchev–Trinajstić information content (AvgIpc) is 2.28. The van der Waals surface area contributed by atoms with Crippen molar-refractivity contribution in [1.82, 2.24) is 5.32 Å². The SMILES string of the molecule is NCC(F)(F)CC1=NC2NCCCC2C=C1. The maximum atomic E-state index is 13.1. The van der Waals surface area contributed by atoms with E-state index in [9.17, 15) is 8.78 Å². The van der Waals surface area contributed by atoms with Crippen molar-refractivity contribution in [3.8, 4) is 0 Å². The molecule has 3 N–H and O–H groups in total. The number of allylic oxidation sites excluding steroid dienone is 1. The Morgan fingerprint density at radius 2 is 2.38 bits per heavy atom. The van der Waals surface area contributed by atoms with Crippen molar-refractivity contribution in [2.75, 3.05) is 13.1 Å². The molecule has 0 bridgehead atoms. The fourth-order valence-electron chi connectivity index (χ4n) is 2.14. The van der Waals surface area contributed by atoms with Crippen molar-refractivity contribution in [1.29, 1.82) is 0 Å². The van der Waals surface area contributed by atoms with Crippen molar-refractivity contribution < 1.29 is 8.78 Å². The third-order valence-corrected chi connectivity index (χ3v) is 3.05. The fraction of sp³-hybridized carbons (Fsp3) is 0.727.